The lowest BCUT2D eigenvalue weighted by Gasteiger charge is -2.28. The van der Waals surface area contributed by atoms with E-state index in [9.17, 15) is 20.1 Å². The van der Waals surface area contributed by atoms with Crippen LogP contribution in [0.2, 0.25) is 0 Å². The molecule has 0 aliphatic rings. The third kappa shape index (κ3) is 4.01. The van der Waals surface area contributed by atoms with Crippen molar-refractivity contribution in [1.82, 2.24) is 9.88 Å². The van der Waals surface area contributed by atoms with E-state index in [1.54, 1.807) is 22.6 Å². The number of aryl methyl sites for hydroxylation is 2. The maximum Gasteiger partial charge on any atom is 0.323 e. The summed E-state index contributed by atoms with van der Waals surface area (Å²) in [5.41, 5.74) is 4.95. The van der Waals surface area contributed by atoms with E-state index < -0.39 is 5.97 Å². The molecular weight excluding hydrogens is 426 g/mol. The van der Waals surface area contributed by atoms with Gasteiger partial charge in [0.1, 0.15) is 18.0 Å². The number of hydrogen-bond donors (Lipinski definition) is 4. The summed E-state index contributed by atoms with van der Waals surface area (Å²) in [6, 6.07) is 8.65. The highest BCUT2D eigenvalue weighted by molar-refractivity contribution is 7.80. The molecule has 0 aliphatic heterocycles. The van der Waals surface area contributed by atoms with Gasteiger partial charge >= 0.3 is 5.97 Å². The smallest absolute Gasteiger partial charge is 0.323 e. The average molecular weight is 454 g/mol. The Kier molecular flexibility index (Phi) is 6.45. The number of carbonyl (C=O) groups is 1. The number of anilines is 1. The molecule has 32 heavy (non-hydrogen) atoms. The molecule has 0 saturated carbocycles. The van der Waals surface area contributed by atoms with Crippen LogP contribution >= 0.6 is 12.2 Å². The number of thiocarbonyl (C=S) groups is 1. The molecule has 0 spiro atoms. The van der Waals surface area contributed by atoms with E-state index in [-0.39, 0.29) is 18.0 Å². The largest absolute Gasteiger partial charge is 0.508 e. The van der Waals surface area contributed by atoms with Crippen LogP contribution in [0.5, 0.6) is 11.5 Å². The molecule has 0 radical (unpaired) electrons. The third-order valence-electron chi connectivity index (χ3n) is 5.75. The summed E-state index contributed by atoms with van der Waals surface area (Å²) in [5.74, 6) is -0.985. The second-order valence-electron chi connectivity index (χ2n) is 7.58. The number of aromatic hydroxyl groups is 2. The maximum atomic E-state index is 11.3. The Morgan fingerprint density at radius 2 is 1.88 bits per heavy atom. The van der Waals surface area contributed by atoms with Gasteiger partial charge in [-0.1, -0.05) is 13.5 Å². The molecule has 0 aliphatic carbocycles. The summed E-state index contributed by atoms with van der Waals surface area (Å²) in [5, 5.41) is 34.1. The van der Waals surface area contributed by atoms with Crippen LogP contribution in [0.3, 0.4) is 0 Å². The van der Waals surface area contributed by atoms with Crippen LogP contribution < -0.4 is 10.2 Å². The predicted molar refractivity (Wildman–Crippen MR) is 131 cm³/mol. The third-order valence-corrected chi connectivity index (χ3v) is 6.14. The number of nitrogens with one attached hydrogen (secondary N) is 1. The second-order valence-corrected chi connectivity index (χ2v) is 7.97. The molecule has 0 saturated heterocycles. The van der Waals surface area contributed by atoms with Crippen LogP contribution in [-0.4, -0.2) is 38.0 Å². The minimum atomic E-state index is -0.907. The van der Waals surface area contributed by atoms with Crippen LogP contribution in [0.15, 0.2) is 36.9 Å². The Morgan fingerprint density at radius 3 is 2.47 bits per heavy atom. The fourth-order valence-electron chi connectivity index (χ4n) is 3.88. The van der Waals surface area contributed by atoms with Crippen LogP contribution in [0.1, 0.15) is 29.3 Å². The lowest BCUT2D eigenvalue weighted by Crippen LogP contribution is -2.36. The Bertz CT molecular complexity index is 1250. The van der Waals surface area contributed by atoms with Gasteiger partial charge in [-0.2, -0.15) is 0 Å². The molecule has 3 aromatic rings. The molecule has 0 bridgehead atoms. The number of fused-ring (bicyclic) bond motifs is 1. The van der Waals surface area contributed by atoms with Crippen molar-refractivity contribution in [1.29, 1.82) is 0 Å². The number of aliphatic carboxylic acids is 1. The topological polar surface area (TPSA) is 98.0 Å². The lowest BCUT2D eigenvalue weighted by atomic mass is 10.0. The number of nitrogens with zero attached hydrogens (tertiary/aromatic N) is 2. The summed E-state index contributed by atoms with van der Waals surface area (Å²) >= 11 is 5.55. The molecular formula is C24H27N3O4S. The van der Waals surface area contributed by atoms with E-state index in [4.69, 9.17) is 12.2 Å². The summed E-state index contributed by atoms with van der Waals surface area (Å²) < 4.78 is 1.77. The molecule has 0 atom stereocenters. The van der Waals surface area contributed by atoms with E-state index >= 15 is 0 Å². The first-order valence-corrected chi connectivity index (χ1v) is 10.6. The Balaban J connectivity index is 2.17. The first-order chi connectivity index (χ1) is 15.1. The SMILES string of the molecule is C=C(c1cc(CC)c(O)cc1O)N(C(=S)NC)c1ccc2c(c1)c(C)c(C)n2CC(=O)O. The fourth-order valence-corrected chi connectivity index (χ4v) is 4.10. The van der Waals surface area contributed by atoms with Gasteiger partial charge in [0.15, 0.2) is 5.11 Å². The monoisotopic (exact) mass is 453 g/mol. The van der Waals surface area contributed by atoms with Crippen molar-refractivity contribution in [3.05, 3.63) is 59.3 Å². The number of phenols is 2. The molecule has 2 aromatic carbocycles. The van der Waals surface area contributed by atoms with Gasteiger partial charge in [0, 0.05) is 41.0 Å². The Hall–Kier alpha value is -3.52. The highest BCUT2D eigenvalue weighted by atomic mass is 32.1. The van der Waals surface area contributed by atoms with Crippen LogP contribution in [0, 0.1) is 13.8 Å². The first-order valence-electron chi connectivity index (χ1n) is 10.2. The Labute approximate surface area is 192 Å². The number of hydrogen-bond acceptors (Lipinski definition) is 4. The standard InChI is InChI=1S/C24H27N3O4S/c1-6-16-9-19(22(29)11-21(16)28)15(4)27(24(32)25-5)17-7-8-20-18(10-17)13(2)14(3)26(20)12-23(30)31/h7-11,28-29H,4,6,12H2,1-3,5H3,(H,25,32)(H,30,31). The highest BCUT2D eigenvalue weighted by Gasteiger charge is 2.22. The Morgan fingerprint density at radius 1 is 1.19 bits per heavy atom. The fraction of sp³-hybridized carbons (Fsp3) is 0.250. The summed E-state index contributed by atoms with van der Waals surface area (Å²) in [6.07, 6.45) is 0.588. The summed E-state index contributed by atoms with van der Waals surface area (Å²) in [7, 11) is 1.70. The highest BCUT2D eigenvalue weighted by Crippen LogP contribution is 2.37. The van der Waals surface area contributed by atoms with Crippen molar-refractivity contribution >= 4 is 45.6 Å². The normalized spacial score (nSPS) is 10.9. The number of aromatic nitrogens is 1. The number of carboxylic acid groups (broad SMARTS) is 1. The number of phenolic OH excluding ortho intramolecular Hbond substituents is 2. The van der Waals surface area contributed by atoms with Gasteiger partial charge < -0.3 is 25.2 Å². The summed E-state index contributed by atoms with van der Waals surface area (Å²) in [4.78, 5) is 13.0. The lowest BCUT2D eigenvalue weighted by molar-refractivity contribution is -0.137. The molecule has 7 nitrogen and oxygen atoms in total. The molecule has 168 valence electrons. The molecule has 4 N–H and O–H groups in total. The first kappa shape index (κ1) is 23.1. The molecule has 3 rings (SSSR count). The molecule has 8 heteroatoms. The average Bonchev–Trinajstić information content (AvgIpc) is 2.98. The molecule has 0 unspecified atom stereocenters. The zero-order valence-electron chi connectivity index (χ0n) is 18.6. The van der Waals surface area contributed by atoms with Crippen molar-refractivity contribution in [3.8, 4) is 11.5 Å². The zero-order valence-corrected chi connectivity index (χ0v) is 19.4. The van der Waals surface area contributed by atoms with E-state index in [0.29, 0.717) is 34.0 Å². The second kappa shape index (κ2) is 8.92. The number of benzene rings is 2. The van der Waals surface area contributed by atoms with Gasteiger partial charge in [-0.15, -0.1) is 0 Å². The van der Waals surface area contributed by atoms with Gasteiger partial charge in [0.2, 0.25) is 0 Å². The number of carboxylic acids is 1. The van der Waals surface area contributed by atoms with Crippen molar-refractivity contribution in [2.75, 3.05) is 11.9 Å². The quantitative estimate of drug-likeness (QED) is 0.413. The van der Waals surface area contributed by atoms with E-state index in [1.807, 2.05) is 39.0 Å². The minimum Gasteiger partial charge on any atom is -0.508 e. The van der Waals surface area contributed by atoms with Crippen molar-refractivity contribution < 1.29 is 20.1 Å². The van der Waals surface area contributed by atoms with Gasteiger partial charge in [0.25, 0.3) is 0 Å². The van der Waals surface area contributed by atoms with Crippen LogP contribution in [0.4, 0.5) is 5.69 Å². The predicted octanol–water partition coefficient (Wildman–Crippen LogP) is 4.30. The van der Waals surface area contributed by atoms with Crippen LogP contribution in [0.25, 0.3) is 16.6 Å². The van der Waals surface area contributed by atoms with E-state index in [2.05, 4.69) is 11.9 Å². The summed E-state index contributed by atoms with van der Waals surface area (Å²) in [6.45, 7) is 9.81. The van der Waals surface area contributed by atoms with Gasteiger partial charge in [-0.05, 0) is 67.9 Å². The molecule has 1 aromatic heterocycles. The molecule has 0 amide bonds. The van der Waals surface area contributed by atoms with Crippen molar-refractivity contribution in [2.24, 2.45) is 0 Å². The molecule has 0 fully saturated rings. The number of rotatable bonds is 6. The van der Waals surface area contributed by atoms with Gasteiger partial charge in [-0.25, -0.2) is 0 Å². The minimum absolute atomic E-state index is 0.0246. The van der Waals surface area contributed by atoms with E-state index in [1.165, 1.54) is 6.07 Å². The van der Waals surface area contributed by atoms with Crippen molar-refractivity contribution in [2.45, 2.75) is 33.7 Å². The molecule has 1 heterocycles. The van der Waals surface area contributed by atoms with Crippen LogP contribution in [-0.2, 0) is 17.8 Å². The zero-order chi connectivity index (χ0) is 23.7. The van der Waals surface area contributed by atoms with Gasteiger partial charge in [-0.3, -0.25) is 9.69 Å². The van der Waals surface area contributed by atoms with Gasteiger partial charge in [0.05, 0.1) is 5.70 Å². The maximum absolute atomic E-state index is 11.3. The van der Waals surface area contributed by atoms with Crippen molar-refractivity contribution in [3.63, 3.8) is 0 Å². The van der Waals surface area contributed by atoms with E-state index in [0.717, 1.165) is 22.2 Å².